The van der Waals surface area contributed by atoms with E-state index >= 15 is 0 Å². The minimum atomic E-state index is -0.126. The summed E-state index contributed by atoms with van der Waals surface area (Å²) in [6.45, 7) is 4.10. The predicted octanol–water partition coefficient (Wildman–Crippen LogP) is 4.51. The number of thioether (sulfide) groups is 1. The maximum Gasteiger partial charge on any atom is 0.263 e. The maximum absolute atomic E-state index is 13.1. The second-order valence-corrected chi connectivity index (χ2v) is 9.99. The van der Waals surface area contributed by atoms with Gasteiger partial charge in [0.05, 0.1) is 16.7 Å². The van der Waals surface area contributed by atoms with E-state index in [4.69, 9.17) is 0 Å². The van der Waals surface area contributed by atoms with Crippen molar-refractivity contribution < 1.29 is 4.79 Å². The molecule has 1 aliphatic rings. The van der Waals surface area contributed by atoms with Gasteiger partial charge in [-0.15, -0.1) is 16.8 Å². The lowest BCUT2D eigenvalue weighted by Gasteiger charge is -2.35. The van der Waals surface area contributed by atoms with Crippen molar-refractivity contribution in [1.29, 1.82) is 0 Å². The molecule has 0 atom stereocenters. The van der Waals surface area contributed by atoms with E-state index in [1.165, 1.54) is 17.3 Å². The molecule has 5 rings (SSSR count). The molecule has 2 aromatic heterocycles. The number of benzene rings is 2. The molecule has 4 aromatic rings. The molecular formula is C27H29N5O2S. The number of hydrogen-bond donors (Lipinski definition) is 0. The monoisotopic (exact) mass is 487 g/mol. The molecule has 0 aliphatic heterocycles. The Morgan fingerprint density at radius 3 is 2.54 bits per heavy atom. The molecule has 35 heavy (non-hydrogen) atoms. The van der Waals surface area contributed by atoms with Crippen LogP contribution >= 0.6 is 11.8 Å². The van der Waals surface area contributed by atoms with Gasteiger partial charge in [-0.25, -0.2) is 0 Å². The highest BCUT2D eigenvalue weighted by atomic mass is 32.2. The van der Waals surface area contributed by atoms with Crippen molar-refractivity contribution in [2.24, 2.45) is 0 Å². The lowest BCUT2D eigenvalue weighted by molar-refractivity contribution is -0.129. The molecule has 0 bridgehead atoms. The number of fused-ring (bicyclic) bond motifs is 3. The van der Waals surface area contributed by atoms with Crippen molar-refractivity contribution in [3.63, 3.8) is 0 Å². The van der Waals surface area contributed by atoms with Gasteiger partial charge in [0.15, 0.2) is 5.16 Å². The zero-order chi connectivity index (χ0) is 24.4. The minimum absolute atomic E-state index is 0.0821. The number of rotatable bonds is 7. The van der Waals surface area contributed by atoms with E-state index in [1.54, 1.807) is 16.7 Å². The Labute approximate surface area is 208 Å². The van der Waals surface area contributed by atoms with Crippen LogP contribution in [0.15, 0.2) is 77.2 Å². The minimum Gasteiger partial charge on any atom is -0.342 e. The smallest absolute Gasteiger partial charge is 0.263 e. The number of carbonyl (C=O) groups is 1. The fourth-order valence-corrected chi connectivity index (χ4v) is 5.94. The van der Waals surface area contributed by atoms with Crippen LogP contribution < -0.4 is 5.56 Å². The van der Waals surface area contributed by atoms with Crippen LogP contribution in [0.1, 0.15) is 37.2 Å². The first-order valence-electron chi connectivity index (χ1n) is 12.0. The van der Waals surface area contributed by atoms with Gasteiger partial charge < -0.3 is 4.90 Å². The van der Waals surface area contributed by atoms with E-state index in [-0.39, 0.29) is 23.3 Å². The van der Waals surface area contributed by atoms with Crippen LogP contribution in [-0.4, -0.2) is 48.8 Å². The average molecular weight is 488 g/mol. The second-order valence-electron chi connectivity index (χ2n) is 9.05. The van der Waals surface area contributed by atoms with Crippen molar-refractivity contribution in [2.45, 2.75) is 49.3 Å². The summed E-state index contributed by atoms with van der Waals surface area (Å²) in [6.07, 6.45) is 5.89. The summed E-state index contributed by atoms with van der Waals surface area (Å²) in [5, 5.41) is 9.79. The van der Waals surface area contributed by atoms with E-state index in [1.807, 2.05) is 34.5 Å². The molecule has 0 saturated heterocycles. The lowest BCUT2D eigenvalue weighted by Crippen LogP contribution is -2.40. The van der Waals surface area contributed by atoms with Crippen molar-refractivity contribution in [1.82, 2.24) is 24.1 Å². The van der Waals surface area contributed by atoms with Crippen LogP contribution in [0.25, 0.3) is 16.7 Å². The Kier molecular flexibility index (Phi) is 6.72. The third-order valence-electron chi connectivity index (χ3n) is 7.02. The van der Waals surface area contributed by atoms with Gasteiger partial charge >= 0.3 is 0 Å². The summed E-state index contributed by atoms with van der Waals surface area (Å²) in [5.74, 6) is 1.38. The molecular weight excluding hydrogens is 458 g/mol. The highest BCUT2D eigenvalue weighted by Gasteiger charge is 2.27. The first kappa shape index (κ1) is 23.4. The predicted molar refractivity (Wildman–Crippen MR) is 140 cm³/mol. The molecule has 0 radical (unpaired) electrons. The first-order valence-corrected chi connectivity index (χ1v) is 13.0. The van der Waals surface area contributed by atoms with Gasteiger partial charge in [-0.05, 0) is 49.3 Å². The molecule has 1 amide bonds. The van der Waals surface area contributed by atoms with Gasteiger partial charge in [0.25, 0.3) is 5.56 Å². The fraction of sp³-hybridized carbons (Fsp3) is 0.333. The number of aromatic nitrogens is 4. The van der Waals surface area contributed by atoms with E-state index in [0.717, 1.165) is 31.2 Å². The highest BCUT2D eigenvalue weighted by molar-refractivity contribution is 7.99. The van der Waals surface area contributed by atoms with Crippen LogP contribution in [0.5, 0.6) is 0 Å². The van der Waals surface area contributed by atoms with Crippen LogP contribution in [0, 0.1) is 0 Å². The van der Waals surface area contributed by atoms with E-state index < -0.39 is 0 Å². The molecule has 2 heterocycles. The fourth-order valence-electron chi connectivity index (χ4n) is 5.07. The Morgan fingerprint density at radius 1 is 1.09 bits per heavy atom. The summed E-state index contributed by atoms with van der Waals surface area (Å²) >= 11 is 1.36. The number of allylic oxidation sites excluding steroid dienone is 1. The van der Waals surface area contributed by atoms with Crippen molar-refractivity contribution >= 4 is 34.3 Å². The lowest BCUT2D eigenvalue weighted by atomic mass is 9.81. The Bertz CT molecular complexity index is 1420. The largest absolute Gasteiger partial charge is 0.342 e. The van der Waals surface area contributed by atoms with Crippen molar-refractivity contribution in [3.8, 4) is 0 Å². The van der Waals surface area contributed by atoms with Crippen LogP contribution in [-0.2, 0) is 11.3 Å². The number of carbonyl (C=O) groups excluding carboxylic acids is 1. The molecule has 7 nitrogen and oxygen atoms in total. The van der Waals surface area contributed by atoms with Gasteiger partial charge in [0, 0.05) is 19.6 Å². The number of amides is 1. The molecule has 2 aromatic carbocycles. The molecule has 0 N–H and O–H groups in total. The molecule has 180 valence electrons. The standard InChI is InChI=1S/C27H29N5O2S/c1-3-17-31-25(34)22-11-7-8-12-23(22)32-26(31)28-29-27(32)35-18-24(33)30(2)21-15-13-20(14-16-21)19-9-5-4-6-10-19/h3-12,20-21H,1,13-18H2,2H3. The summed E-state index contributed by atoms with van der Waals surface area (Å²) < 4.78 is 3.43. The Hall–Kier alpha value is -3.39. The summed E-state index contributed by atoms with van der Waals surface area (Å²) in [7, 11) is 1.91. The highest BCUT2D eigenvalue weighted by Crippen LogP contribution is 2.34. The zero-order valence-electron chi connectivity index (χ0n) is 19.8. The molecule has 0 spiro atoms. The van der Waals surface area contributed by atoms with E-state index in [2.05, 4.69) is 47.1 Å². The normalized spacial score (nSPS) is 18.1. The van der Waals surface area contributed by atoms with E-state index in [9.17, 15) is 9.59 Å². The van der Waals surface area contributed by atoms with Gasteiger partial charge in [0.2, 0.25) is 11.7 Å². The Balaban J connectivity index is 1.30. The van der Waals surface area contributed by atoms with Gasteiger partial charge in [-0.1, -0.05) is 60.3 Å². The van der Waals surface area contributed by atoms with Crippen LogP contribution in [0.2, 0.25) is 0 Å². The summed E-state index contributed by atoms with van der Waals surface area (Å²) in [6, 6.07) is 18.3. The SMILES string of the molecule is C=CCn1c(=O)c2ccccc2n2c(SCC(=O)N(C)C3CCC(c4ccccc4)CC3)nnc12. The number of para-hydroxylation sites is 1. The van der Waals surface area contributed by atoms with Crippen LogP contribution in [0.4, 0.5) is 0 Å². The molecule has 8 heteroatoms. The van der Waals surface area contributed by atoms with Gasteiger partial charge in [-0.3, -0.25) is 18.6 Å². The average Bonchev–Trinajstić information content (AvgIpc) is 3.34. The molecule has 1 saturated carbocycles. The number of hydrogen-bond acceptors (Lipinski definition) is 5. The maximum atomic E-state index is 13.1. The Morgan fingerprint density at radius 2 is 1.80 bits per heavy atom. The molecule has 1 aliphatic carbocycles. The number of nitrogens with zero attached hydrogens (tertiary/aromatic N) is 5. The first-order chi connectivity index (χ1) is 17.1. The van der Waals surface area contributed by atoms with Crippen molar-refractivity contribution in [3.05, 3.63) is 83.2 Å². The molecule has 1 fully saturated rings. The topological polar surface area (TPSA) is 72.5 Å². The summed E-state index contributed by atoms with van der Waals surface area (Å²) in [4.78, 5) is 27.9. The zero-order valence-corrected chi connectivity index (χ0v) is 20.7. The quantitative estimate of drug-likeness (QED) is 0.283. The third kappa shape index (κ3) is 4.50. The van der Waals surface area contributed by atoms with E-state index in [0.29, 0.717) is 28.8 Å². The third-order valence-corrected chi connectivity index (χ3v) is 7.94. The van der Waals surface area contributed by atoms with Crippen molar-refractivity contribution in [2.75, 3.05) is 12.8 Å². The summed E-state index contributed by atoms with van der Waals surface area (Å²) in [5.41, 5.74) is 2.01. The second kappa shape index (κ2) is 10.1. The van der Waals surface area contributed by atoms with Crippen LogP contribution in [0.3, 0.4) is 0 Å². The molecule has 0 unspecified atom stereocenters. The van der Waals surface area contributed by atoms with Gasteiger partial charge in [0.1, 0.15) is 0 Å². The van der Waals surface area contributed by atoms with Gasteiger partial charge in [-0.2, -0.15) is 0 Å².